The summed E-state index contributed by atoms with van der Waals surface area (Å²) in [5.74, 6) is 0.916. The minimum absolute atomic E-state index is 0.254. The standard InChI is InChI=1S/C13H21NO3/c1-4-11(9-16-2)14-8-10-5-6-12(17-3)7-13(10)15/h5-7,11,14-15H,4,8-9H2,1-3H3. The van der Waals surface area contributed by atoms with Crippen molar-refractivity contribution in [1.29, 1.82) is 0 Å². The van der Waals surface area contributed by atoms with E-state index in [1.807, 2.05) is 12.1 Å². The Labute approximate surface area is 103 Å². The van der Waals surface area contributed by atoms with Gasteiger partial charge in [-0.1, -0.05) is 13.0 Å². The van der Waals surface area contributed by atoms with Crippen LogP contribution >= 0.6 is 0 Å². The molecule has 1 aromatic rings. The highest BCUT2D eigenvalue weighted by molar-refractivity contribution is 5.39. The van der Waals surface area contributed by atoms with Crippen molar-refractivity contribution in [1.82, 2.24) is 5.32 Å². The topological polar surface area (TPSA) is 50.7 Å². The van der Waals surface area contributed by atoms with Gasteiger partial charge >= 0.3 is 0 Å². The first-order valence-corrected chi connectivity index (χ1v) is 5.79. The maximum absolute atomic E-state index is 9.79. The Bertz CT molecular complexity index is 341. The molecule has 2 N–H and O–H groups in total. The Morgan fingerprint density at radius 2 is 2.12 bits per heavy atom. The molecule has 0 bridgehead atoms. The molecule has 0 aliphatic carbocycles. The molecular formula is C13H21NO3. The summed E-state index contributed by atoms with van der Waals surface area (Å²) in [6.07, 6.45) is 0.991. The summed E-state index contributed by atoms with van der Waals surface area (Å²) in [5.41, 5.74) is 0.861. The molecule has 0 aromatic heterocycles. The van der Waals surface area contributed by atoms with Crippen molar-refractivity contribution in [2.45, 2.75) is 25.9 Å². The first-order chi connectivity index (χ1) is 8.21. The normalized spacial score (nSPS) is 12.4. The number of nitrogens with one attached hydrogen (secondary N) is 1. The van der Waals surface area contributed by atoms with Gasteiger partial charge in [-0.05, 0) is 12.5 Å². The summed E-state index contributed by atoms with van der Waals surface area (Å²) in [5, 5.41) is 13.1. The Morgan fingerprint density at radius 1 is 1.35 bits per heavy atom. The number of rotatable bonds is 7. The van der Waals surface area contributed by atoms with E-state index in [-0.39, 0.29) is 5.75 Å². The van der Waals surface area contributed by atoms with Crippen LogP contribution in [0.2, 0.25) is 0 Å². The number of benzene rings is 1. The zero-order chi connectivity index (χ0) is 12.7. The van der Waals surface area contributed by atoms with E-state index in [1.165, 1.54) is 0 Å². The van der Waals surface area contributed by atoms with E-state index in [0.29, 0.717) is 24.9 Å². The second kappa shape index (κ2) is 7.14. The number of aromatic hydroxyl groups is 1. The molecule has 1 unspecified atom stereocenters. The van der Waals surface area contributed by atoms with E-state index < -0.39 is 0 Å². The zero-order valence-corrected chi connectivity index (χ0v) is 10.7. The van der Waals surface area contributed by atoms with Crippen LogP contribution in [0.25, 0.3) is 0 Å². The van der Waals surface area contributed by atoms with E-state index in [2.05, 4.69) is 12.2 Å². The fraction of sp³-hybridized carbons (Fsp3) is 0.538. The molecule has 17 heavy (non-hydrogen) atoms. The number of ether oxygens (including phenoxy) is 2. The van der Waals surface area contributed by atoms with Gasteiger partial charge in [-0.2, -0.15) is 0 Å². The fourth-order valence-corrected chi connectivity index (χ4v) is 1.60. The van der Waals surface area contributed by atoms with Gasteiger partial charge in [-0.15, -0.1) is 0 Å². The third-order valence-electron chi connectivity index (χ3n) is 2.73. The lowest BCUT2D eigenvalue weighted by Gasteiger charge is -2.16. The van der Waals surface area contributed by atoms with E-state index in [4.69, 9.17) is 9.47 Å². The lowest BCUT2D eigenvalue weighted by molar-refractivity contribution is 0.163. The van der Waals surface area contributed by atoms with Crippen LogP contribution in [0, 0.1) is 0 Å². The Kier molecular flexibility index (Phi) is 5.80. The Balaban J connectivity index is 2.56. The summed E-state index contributed by atoms with van der Waals surface area (Å²) < 4.78 is 10.1. The highest BCUT2D eigenvalue weighted by Crippen LogP contribution is 2.23. The maximum Gasteiger partial charge on any atom is 0.123 e. The molecule has 0 saturated carbocycles. The van der Waals surface area contributed by atoms with Gasteiger partial charge in [0.2, 0.25) is 0 Å². The molecule has 1 atom stereocenters. The van der Waals surface area contributed by atoms with Crippen LogP contribution in [0.1, 0.15) is 18.9 Å². The highest BCUT2D eigenvalue weighted by Gasteiger charge is 2.07. The number of phenolic OH excluding ortho intramolecular Hbond substituents is 1. The largest absolute Gasteiger partial charge is 0.507 e. The summed E-state index contributed by atoms with van der Waals surface area (Å²) >= 11 is 0. The van der Waals surface area contributed by atoms with Gasteiger partial charge < -0.3 is 19.9 Å². The quantitative estimate of drug-likeness (QED) is 0.763. The molecular weight excluding hydrogens is 218 g/mol. The summed E-state index contributed by atoms with van der Waals surface area (Å²) in [6, 6.07) is 5.63. The predicted octanol–water partition coefficient (Wildman–Crippen LogP) is 1.92. The average Bonchev–Trinajstić information content (AvgIpc) is 2.35. The summed E-state index contributed by atoms with van der Waals surface area (Å²) in [6.45, 7) is 3.40. The van der Waals surface area contributed by atoms with E-state index in [1.54, 1.807) is 20.3 Å². The SMILES string of the molecule is CCC(COC)NCc1ccc(OC)cc1O. The van der Waals surface area contributed by atoms with Crippen molar-refractivity contribution >= 4 is 0 Å². The van der Waals surface area contributed by atoms with Crippen molar-refractivity contribution in [3.63, 3.8) is 0 Å². The van der Waals surface area contributed by atoms with Crippen molar-refractivity contribution in [2.24, 2.45) is 0 Å². The minimum atomic E-state index is 0.254. The van der Waals surface area contributed by atoms with Crippen molar-refractivity contribution in [3.05, 3.63) is 23.8 Å². The minimum Gasteiger partial charge on any atom is -0.507 e. The van der Waals surface area contributed by atoms with Gasteiger partial charge in [-0.3, -0.25) is 0 Å². The molecule has 0 fully saturated rings. The Morgan fingerprint density at radius 3 is 2.65 bits per heavy atom. The number of hydrogen-bond acceptors (Lipinski definition) is 4. The lowest BCUT2D eigenvalue weighted by atomic mass is 10.1. The van der Waals surface area contributed by atoms with Gasteiger partial charge in [0.15, 0.2) is 0 Å². The molecule has 4 heteroatoms. The summed E-state index contributed by atoms with van der Waals surface area (Å²) in [4.78, 5) is 0. The van der Waals surface area contributed by atoms with Crippen molar-refractivity contribution in [2.75, 3.05) is 20.8 Å². The van der Waals surface area contributed by atoms with Gasteiger partial charge in [0.1, 0.15) is 11.5 Å². The number of hydrogen-bond donors (Lipinski definition) is 2. The third kappa shape index (κ3) is 4.24. The molecule has 4 nitrogen and oxygen atoms in total. The molecule has 0 amide bonds. The highest BCUT2D eigenvalue weighted by atomic mass is 16.5. The summed E-state index contributed by atoms with van der Waals surface area (Å²) in [7, 11) is 3.27. The fourth-order valence-electron chi connectivity index (χ4n) is 1.60. The van der Waals surface area contributed by atoms with E-state index in [0.717, 1.165) is 12.0 Å². The first kappa shape index (κ1) is 13.8. The van der Waals surface area contributed by atoms with Gasteiger partial charge in [0.05, 0.1) is 13.7 Å². The second-order valence-corrected chi connectivity index (χ2v) is 3.94. The molecule has 0 saturated heterocycles. The maximum atomic E-state index is 9.79. The lowest BCUT2D eigenvalue weighted by Crippen LogP contribution is -2.32. The van der Waals surface area contributed by atoms with Crippen LogP contribution in [0.3, 0.4) is 0 Å². The molecule has 1 aromatic carbocycles. The predicted molar refractivity (Wildman–Crippen MR) is 67.5 cm³/mol. The smallest absolute Gasteiger partial charge is 0.123 e. The first-order valence-electron chi connectivity index (χ1n) is 5.79. The average molecular weight is 239 g/mol. The molecule has 1 rings (SSSR count). The van der Waals surface area contributed by atoms with Crippen LogP contribution in [-0.4, -0.2) is 32.0 Å². The van der Waals surface area contributed by atoms with Crippen molar-refractivity contribution in [3.8, 4) is 11.5 Å². The van der Waals surface area contributed by atoms with Crippen LogP contribution in [0.5, 0.6) is 11.5 Å². The van der Waals surface area contributed by atoms with Gasteiger partial charge in [0, 0.05) is 31.3 Å². The van der Waals surface area contributed by atoms with Crippen LogP contribution in [0.15, 0.2) is 18.2 Å². The Hall–Kier alpha value is -1.26. The third-order valence-corrected chi connectivity index (χ3v) is 2.73. The molecule has 0 aliphatic rings. The molecule has 0 heterocycles. The molecule has 96 valence electrons. The van der Waals surface area contributed by atoms with E-state index >= 15 is 0 Å². The van der Waals surface area contributed by atoms with Gasteiger partial charge in [0.25, 0.3) is 0 Å². The van der Waals surface area contributed by atoms with Gasteiger partial charge in [-0.25, -0.2) is 0 Å². The van der Waals surface area contributed by atoms with Crippen LogP contribution in [-0.2, 0) is 11.3 Å². The monoisotopic (exact) mass is 239 g/mol. The molecule has 0 aliphatic heterocycles. The zero-order valence-electron chi connectivity index (χ0n) is 10.7. The second-order valence-electron chi connectivity index (χ2n) is 3.94. The van der Waals surface area contributed by atoms with Crippen LogP contribution in [0.4, 0.5) is 0 Å². The van der Waals surface area contributed by atoms with Crippen LogP contribution < -0.4 is 10.1 Å². The molecule has 0 radical (unpaired) electrons. The number of phenols is 1. The molecule has 0 spiro atoms. The number of methoxy groups -OCH3 is 2. The van der Waals surface area contributed by atoms with E-state index in [9.17, 15) is 5.11 Å². The van der Waals surface area contributed by atoms with Crippen molar-refractivity contribution < 1.29 is 14.6 Å².